The zero-order valence-corrected chi connectivity index (χ0v) is 7.88. The summed E-state index contributed by atoms with van der Waals surface area (Å²) in [7, 11) is 0. The third-order valence-corrected chi connectivity index (χ3v) is 2.07. The summed E-state index contributed by atoms with van der Waals surface area (Å²) in [5, 5.41) is 10.1. The monoisotopic (exact) mass is 203 g/mol. The van der Waals surface area contributed by atoms with Crippen LogP contribution in [0.3, 0.4) is 0 Å². The predicted molar refractivity (Wildman–Crippen MR) is 55.9 cm³/mol. The largest absolute Gasteiger partial charge is 0.345 e. The Morgan fingerprint density at radius 1 is 1.53 bits per heavy atom. The quantitative estimate of drug-likeness (QED) is 0.611. The summed E-state index contributed by atoms with van der Waals surface area (Å²) < 4.78 is 0. The van der Waals surface area contributed by atoms with Gasteiger partial charge in [-0.3, -0.25) is 10.1 Å². The second kappa shape index (κ2) is 3.91. The average molecular weight is 203 g/mol. The van der Waals surface area contributed by atoms with Gasteiger partial charge in [-0.15, -0.1) is 0 Å². The molecule has 0 bridgehead atoms. The highest BCUT2D eigenvalue weighted by Gasteiger charge is 1.97. The Hall–Kier alpha value is -2.17. The molecule has 5 heteroatoms. The highest BCUT2D eigenvalue weighted by Crippen LogP contribution is 2.12. The average Bonchev–Trinajstić information content (AvgIpc) is 2.64. The zero-order valence-electron chi connectivity index (χ0n) is 7.88. The summed E-state index contributed by atoms with van der Waals surface area (Å²) in [6.07, 6.45) is 4.65. The van der Waals surface area contributed by atoms with E-state index in [-0.39, 0.29) is 0 Å². The normalized spacial score (nSPS) is 11.2. The number of hydrogen-bond acceptors (Lipinski definition) is 3. The van der Waals surface area contributed by atoms with Crippen molar-refractivity contribution < 1.29 is 4.92 Å². The fourth-order valence-electron chi connectivity index (χ4n) is 1.38. The molecule has 0 aliphatic carbocycles. The molecule has 0 aliphatic heterocycles. The van der Waals surface area contributed by atoms with E-state index in [1.165, 1.54) is 6.08 Å². The van der Waals surface area contributed by atoms with Gasteiger partial charge >= 0.3 is 0 Å². The maximum Gasteiger partial charge on any atom is 0.230 e. The molecule has 0 aliphatic rings. The zero-order chi connectivity index (χ0) is 10.7. The van der Waals surface area contributed by atoms with E-state index in [1.54, 1.807) is 6.33 Å². The van der Waals surface area contributed by atoms with Crippen LogP contribution in [-0.2, 0) is 6.42 Å². The molecule has 5 nitrogen and oxygen atoms in total. The van der Waals surface area contributed by atoms with Crippen molar-refractivity contribution in [2.24, 2.45) is 0 Å². The van der Waals surface area contributed by atoms with Crippen LogP contribution in [0, 0.1) is 10.1 Å². The summed E-state index contributed by atoms with van der Waals surface area (Å²) in [5.41, 5.74) is 2.85. The number of benzene rings is 1. The Morgan fingerprint density at radius 2 is 2.40 bits per heavy atom. The van der Waals surface area contributed by atoms with Crippen molar-refractivity contribution in [3.8, 4) is 0 Å². The van der Waals surface area contributed by atoms with Crippen LogP contribution in [0.1, 0.15) is 5.56 Å². The van der Waals surface area contributed by atoms with Crippen molar-refractivity contribution in [3.63, 3.8) is 0 Å². The van der Waals surface area contributed by atoms with Crippen LogP contribution in [0.4, 0.5) is 0 Å². The van der Waals surface area contributed by atoms with Gasteiger partial charge in [-0.2, -0.15) is 0 Å². The first kappa shape index (κ1) is 9.39. The molecular formula is C10H9N3O2. The number of allylic oxidation sites excluding steroid dienone is 1. The lowest BCUT2D eigenvalue weighted by Gasteiger charge is -1.94. The Labute approximate surface area is 85.6 Å². The van der Waals surface area contributed by atoms with Crippen molar-refractivity contribution >= 4 is 11.0 Å². The van der Waals surface area contributed by atoms with Crippen molar-refractivity contribution in [1.82, 2.24) is 9.97 Å². The van der Waals surface area contributed by atoms with Crippen LogP contribution in [0.15, 0.2) is 36.8 Å². The minimum Gasteiger partial charge on any atom is -0.345 e. The highest BCUT2D eigenvalue weighted by molar-refractivity contribution is 5.75. The second-order valence-electron chi connectivity index (χ2n) is 3.13. The van der Waals surface area contributed by atoms with Gasteiger partial charge < -0.3 is 4.98 Å². The smallest absolute Gasteiger partial charge is 0.230 e. The van der Waals surface area contributed by atoms with Gasteiger partial charge in [-0.1, -0.05) is 6.07 Å². The van der Waals surface area contributed by atoms with Gasteiger partial charge in [0, 0.05) is 0 Å². The van der Waals surface area contributed by atoms with E-state index in [4.69, 9.17) is 0 Å². The standard InChI is InChI=1S/C10H9N3O2/c14-13(15)5-1-2-8-3-4-9-10(6-8)12-7-11-9/h1,3-7H,2H2,(H,11,12). The van der Waals surface area contributed by atoms with E-state index in [0.29, 0.717) is 6.42 Å². The molecule has 0 radical (unpaired) electrons. The Morgan fingerprint density at radius 3 is 3.20 bits per heavy atom. The van der Waals surface area contributed by atoms with Gasteiger partial charge in [-0.05, 0) is 30.2 Å². The number of nitro groups is 1. The highest BCUT2D eigenvalue weighted by atomic mass is 16.6. The van der Waals surface area contributed by atoms with Gasteiger partial charge in [-0.25, -0.2) is 4.98 Å². The second-order valence-corrected chi connectivity index (χ2v) is 3.13. The summed E-state index contributed by atoms with van der Waals surface area (Å²) in [6, 6.07) is 5.75. The van der Waals surface area contributed by atoms with Crippen LogP contribution in [0.5, 0.6) is 0 Å². The van der Waals surface area contributed by atoms with E-state index in [2.05, 4.69) is 9.97 Å². The molecular weight excluding hydrogens is 194 g/mol. The lowest BCUT2D eigenvalue weighted by Crippen LogP contribution is -1.85. The topological polar surface area (TPSA) is 71.8 Å². The first-order chi connectivity index (χ1) is 7.25. The molecule has 0 unspecified atom stereocenters. The van der Waals surface area contributed by atoms with E-state index in [1.807, 2.05) is 18.2 Å². The van der Waals surface area contributed by atoms with Crippen molar-refractivity contribution in [2.75, 3.05) is 0 Å². The number of nitrogens with zero attached hydrogens (tertiary/aromatic N) is 2. The third-order valence-electron chi connectivity index (χ3n) is 2.07. The molecule has 0 amide bonds. The SMILES string of the molecule is O=[N+]([O-])C=CCc1ccc2[nH]cnc2c1. The van der Waals surface area contributed by atoms with E-state index in [9.17, 15) is 10.1 Å². The maximum atomic E-state index is 10.1. The number of nitrogens with one attached hydrogen (secondary N) is 1. The summed E-state index contributed by atoms with van der Waals surface area (Å²) >= 11 is 0. The number of aromatic nitrogens is 2. The molecule has 1 heterocycles. The number of H-pyrrole nitrogens is 1. The Kier molecular flexibility index (Phi) is 2.45. The van der Waals surface area contributed by atoms with Gasteiger partial charge in [0.05, 0.1) is 22.3 Å². The van der Waals surface area contributed by atoms with Crippen LogP contribution in [0.25, 0.3) is 11.0 Å². The van der Waals surface area contributed by atoms with E-state index in [0.717, 1.165) is 22.8 Å². The van der Waals surface area contributed by atoms with Crippen LogP contribution in [-0.4, -0.2) is 14.9 Å². The van der Waals surface area contributed by atoms with Crippen molar-refractivity contribution in [3.05, 3.63) is 52.5 Å². The minimum atomic E-state index is -0.465. The number of imidazole rings is 1. The molecule has 1 aromatic heterocycles. The van der Waals surface area contributed by atoms with E-state index < -0.39 is 4.92 Å². The molecule has 15 heavy (non-hydrogen) atoms. The van der Waals surface area contributed by atoms with Gasteiger partial charge in [0.15, 0.2) is 0 Å². The van der Waals surface area contributed by atoms with Crippen LogP contribution in [0.2, 0.25) is 0 Å². The third kappa shape index (κ3) is 2.19. The Balaban J connectivity index is 2.18. The fourth-order valence-corrected chi connectivity index (χ4v) is 1.38. The summed E-state index contributed by atoms with van der Waals surface area (Å²) in [6.45, 7) is 0. The Bertz CT molecular complexity index is 516. The molecule has 1 N–H and O–H groups in total. The molecule has 0 spiro atoms. The van der Waals surface area contributed by atoms with Gasteiger partial charge in [0.1, 0.15) is 0 Å². The number of rotatable bonds is 3. The molecule has 2 aromatic rings. The van der Waals surface area contributed by atoms with Crippen molar-refractivity contribution in [1.29, 1.82) is 0 Å². The lowest BCUT2D eigenvalue weighted by atomic mass is 10.1. The van der Waals surface area contributed by atoms with Crippen molar-refractivity contribution in [2.45, 2.75) is 6.42 Å². The van der Waals surface area contributed by atoms with E-state index >= 15 is 0 Å². The first-order valence-corrected chi connectivity index (χ1v) is 4.48. The molecule has 2 rings (SSSR count). The van der Waals surface area contributed by atoms with Crippen LogP contribution < -0.4 is 0 Å². The number of fused-ring (bicyclic) bond motifs is 1. The first-order valence-electron chi connectivity index (χ1n) is 4.48. The summed E-state index contributed by atoms with van der Waals surface area (Å²) in [4.78, 5) is 16.7. The fraction of sp³-hybridized carbons (Fsp3) is 0.100. The molecule has 0 atom stereocenters. The minimum absolute atomic E-state index is 0.465. The molecule has 0 fully saturated rings. The maximum absolute atomic E-state index is 10.1. The summed E-state index contributed by atoms with van der Waals surface area (Å²) in [5.74, 6) is 0. The number of aromatic amines is 1. The molecule has 76 valence electrons. The molecule has 1 aromatic carbocycles. The van der Waals surface area contributed by atoms with Gasteiger partial charge in [0.2, 0.25) is 6.20 Å². The molecule has 0 saturated carbocycles. The lowest BCUT2D eigenvalue weighted by molar-refractivity contribution is -0.402. The molecule has 0 saturated heterocycles. The number of hydrogen-bond donors (Lipinski definition) is 1. The predicted octanol–water partition coefficient (Wildman–Crippen LogP) is 1.90. The van der Waals surface area contributed by atoms with Crippen LogP contribution >= 0.6 is 0 Å². The van der Waals surface area contributed by atoms with Gasteiger partial charge in [0.25, 0.3) is 0 Å².